The smallest absolute Gasteiger partial charge is 0.430 e. The topological polar surface area (TPSA) is 78.5 Å². The predicted octanol–water partition coefficient (Wildman–Crippen LogP) is 2.92. The maximum atomic E-state index is 13.1. The maximum absolute atomic E-state index is 13.1. The number of carboxylic acid groups (broad SMARTS) is 1. The Morgan fingerprint density at radius 2 is 1.55 bits per heavy atom. The van der Waals surface area contributed by atoms with Gasteiger partial charge in [0.2, 0.25) is 0 Å². The fourth-order valence-electron chi connectivity index (χ4n) is 4.32. The first-order valence-electron chi connectivity index (χ1n) is 10.8. The molecule has 178 valence electrons. The van der Waals surface area contributed by atoms with E-state index in [1.165, 1.54) is 13.1 Å². The number of rotatable bonds is 5. The number of ether oxygens (including phenoxy) is 1. The van der Waals surface area contributed by atoms with E-state index in [2.05, 4.69) is 12.4 Å². The van der Waals surface area contributed by atoms with E-state index >= 15 is 0 Å². The maximum Gasteiger partial charge on any atom is 0.430 e. The van der Waals surface area contributed by atoms with Crippen molar-refractivity contribution in [3.8, 4) is 0 Å². The Labute approximate surface area is 190 Å². The van der Waals surface area contributed by atoms with Crippen LogP contribution in [-0.2, 0) is 14.3 Å². The number of nitrogens with zero attached hydrogens (tertiary/aromatic N) is 1. The fourth-order valence-corrected chi connectivity index (χ4v) is 4.32. The molecule has 2 aromatic carbocycles. The summed E-state index contributed by atoms with van der Waals surface area (Å²) in [6, 6.07) is 19.2. The van der Waals surface area contributed by atoms with Crippen molar-refractivity contribution in [2.24, 2.45) is 5.92 Å². The minimum absolute atomic E-state index is 0.0405. The predicted molar refractivity (Wildman–Crippen MR) is 114 cm³/mol. The van der Waals surface area contributed by atoms with Crippen molar-refractivity contribution < 1.29 is 37.1 Å². The molecule has 0 unspecified atom stereocenters. The van der Waals surface area contributed by atoms with Crippen LogP contribution in [0.4, 0.5) is 18.9 Å². The second-order valence-corrected chi connectivity index (χ2v) is 8.70. The average Bonchev–Trinajstić information content (AvgIpc) is 2.78. The molecule has 3 aliphatic rings. The van der Waals surface area contributed by atoms with Crippen LogP contribution in [0.1, 0.15) is 24.4 Å². The number of hydrogen-bond donors (Lipinski definition) is 1. The third-order valence-corrected chi connectivity index (χ3v) is 6.18. The third kappa shape index (κ3) is 6.71. The number of piperidine rings is 3. The molecule has 5 rings (SSSR count). The summed E-state index contributed by atoms with van der Waals surface area (Å²) in [5.41, 5.74) is 1.86. The quantitative estimate of drug-likeness (QED) is 0.544. The van der Waals surface area contributed by atoms with Gasteiger partial charge in [-0.3, -0.25) is 0 Å². The Kier molecular flexibility index (Phi) is 7.63. The van der Waals surface area contributed by atoms with Crippen LogP contribution in [0.5, 0.6) is 0 Å². The highest BCUT2D eigenvalue weighted by Gasteiger charge is 2.45. The van der Waals surface area contributed by atoms with Crippen molar-refractivity contribution in [2.75, 3.05) is 32.0 Å². The Hall–Kier alpha value is -3.07. The molecule has 1 N–H and O–H groups in total. The Balaban J connectivity index is 0.000000383. The van der Waals surface area contributed by atoms with E-state index in [9.17, 15) is 18.0 Å². The molecule has 3 heterocycles. The number of fused-ring (bicyclic) bond motifs is 3. The van der Waals surface area contributed by atoms with Crippen LogP contribution in [0, 0.1) is 5.92 Å². The summed E-state index contributed by atoms with van der Waals surface area (Å²) in [4.78, 5) is 21.9. The minimum atomic E-state index is -5.19. The Morgan fingerprint density at radius 1 is 1.03 bits per heavy atom. The number of carbonyl (C=O) groups is 2. The van der Waals surface area contributed by atoms with E-state index in [-0.39, 0.29) is 12.1 Å². The molecule has 3 fully saturated rings. The highest BCUT2D eigenvalue weighted by atomic mass is 19.4. The highest BCUT2D eigenvalue weighted by Crippen LogP contribution is 2.35. The van der Waals surface area contributed by atoms with Gasteiger partial charge in [-0.2, -0.15) is 13.2 Å². The largest absolute Gasteiger partial charge is 0.542 e. The van der Waals surface area contributed by atoms with Crippen LogP contribution in [0.3, 0.4) is 0 Å². The molecule has 0 saturated carbocycles. The second-order valence-electron chi connectivity index (χ2n) is 8.70. The lowest BCUT2D eigenvalue weighted by Gasteiger charge is -2.49. The molecule has 0 spiro atoms. The molecule has 3 saturated heterocycles. The molecule has 2 bridgehead atoms. The second kappa shape index (κ2) is 10.2. The van der Waals surface area contributed by atoms with Crippen LogP contribution in [0.2, 0.25) is 0 Å². The van der Waals surface area contributed by atoms with Gasteiger partial charge in [-0.1, -0.05) is 48.5 Å². The zero-order valence-electron chi connectivity index (χ0n) is 18.3. The molecule has 9 heteroatoms. The minimum Gasteiger partial charge on any atom is -0.542 e. The van der Waals surface area contributed by atoms with Crippen molar-refractivity contribution in [1.82, 2.24) is 0 Å². The molecule has 2 aromatic rings. The van der Waals surface area contributed by atoms with E-state index in [1.807, 2.05) is 60.7 Å². The summed E-state index contributed by atoms with van der Waals surface area (Å²) in [6.07, 6.45) is -2.83. The van der Waals surface area contributed by atoms with Gasteiger partial charge in [-0.25, -0.2) is 4.79 Å². The van der Waals surface area contributed by atoms with E-state index in [0.29, 0.717) is 5.92 Å². The number of likely N-dealkylation sites (N-methyl/N-ethyl adjacent to an activating group) is 1. The number of benzene rings is 2. The molecule has 0 aromatic heterocycles. The first kappa shape index (κ1) is 24.6. The van der Waals surface area contributed by atoms with Gasteiger partial charge < -0.3 is 24.4 Å². The van der Waals surface area contributed by atoms with Gasteiger partial charge in [-0.05, 0) is 17.7 Å². The third-order valence-electron chi connectivity index (χ3n) is 6.18. The van der Waals surface area contributed by atoms with Gasteiger partial charge in [-0.15, -0.1) is 0 Å². The number of halogens is 3. The van der Waals surface area contributed by atoms with E-state index in [4.69, 9.17) is 14.6 Å². The van der Waals surface area contributed by atoms with Crippen molar-refractivity contribution in [2.45, 2.75) is 31.2 Å². The van der Waals surface area contributed by atoms with Crippen LogP contribution in [0.25, 0.3) is 0 Å². The van der Waals surface area contributed by atoms with Crippen LogP contribution >= 0.6 is 0 Å². The van der Waals surface area contributed by atoms with Crippen LogP contribution in [0.15, 0.2) is 60.7 Å². The summed E-state index contributed by atoms with van der Waals surface area (Å²) in [5.74, 6) is -2.66. The van der Waals surface area contributed by atoms with Gasteiger partial charge >= 0.3 is 12.1 Å². The lowest BCUT2D eigenvalue weighted by molar-refractivity contribution is -0.928. The Morgan fingerprint density at radius 3 is 2.03 bits per heavy atom. The summed E-state index contributed by atoms with van der Waals surface area (Å²) in [6.45, 7) is 3.37. The normalized spacial score (nSPS) is 24.7. The van der Waals surface area contributed by atoms with Crippen molar-refractivity contribution in [3.63, 3.8) is 0 Å². The number of hydrogen-bond acceptors (Lipinski definition) is 5. The zero-order chi connectivity index (χ0) is 24.1. The number of alkyl halides is 3. The van der Waals surface area contributed by atoms with Crippen LogP contribution < -0.4 is 10.4 Å². The zero-order valence-corrected chi connectivity index (χ0v) is 18.3. The number of para-hydroxylation sites is 1. The van der Waals surface area contributed by atoms with Gasteiger partial charge in [0.05, 0.1) is 20.1 Å². The van der Waals surface area contributed by atoms with Crippen molar-refractivity contribution in [1.29, 1.82) is 0 Å². The standard InChI is InChI=1S/C22H27N2O2.C2HF3O2/c1-24-14-12-17(13-15-24)20(16-24)26-22(25)21(18-8-4-2-5-9-18)23-19-10-6-3-7-11-19;3-2(4,5)1(6)7/h2-11,17,20-21,23H,12-16H2,1H3;(H,6,7)/q+1;/p-1/t17?,20-,21+,24?;/m0./s1. The highest BCUT2D eigenvalue weighted by molar-refractivity contribution is 5.81. The average molecular weight is 464 g/mol. The van der Waals surface area contributed by atoms with Gasteiger partial charge in [0.15, 0.2) is 12.1 Å². The Bertz CT molecular complexity index is 930. The van der Waals surface area contributed by atoms with E-state index in [1.54, 1.807) is 0 Å². The molecular formula is C24H27F3N2O4. The summed E-state index contributed by atoms with van der Waals surface area (Å²) < 4.78 is 38.6. The number of nitrogens with one attached hydrogen (secondary N) is 1. The summed E-state index contributed by atoms with van der Waals surface area (Å²) >= 11 is 0. The molecule has 33 heavy (non-hydrogen) atoms. The number of anilines is 1. The molecule has 2 atom stereocenters. The van der Waals surface area contributed by atoms with Gasteiger partial charge in [0.1, 0.15) is 12.5 Å². The van der Waals surface area contributed by atoms with Gasteiger partial charge in [0.25, 0.3) is 0 Å². The molecular weight excluding hydrogens is 437 g/mol. The van der Waals surface area contributed by atoms with Gasteiger partial charge in [0, 0.05) is 24.4 Å². The molecule has 0 aliphatic carbocycles. The molecule has 0 amide bonds. The number of esters is 1. The first-order valence-corrected chi connectivity index (χ1v) is 10.8. The number of carboxylic acids is 1. The summed E-state index contributed by atoms with van der Waals surface area (Å²) in [5, 5.41) is 12.1. The first-order chi connectivity index (χ1) is 15.6. The van der Waals surface area contributed by atoms with E-state index in [0.717, 1.165) is 35.1 Å². The molecule has 0 radical (unpaired) electrons. The molecule has 6 nitrogen and oxygen atoms in total. The number of quaternary nitrogens is 1. The lowest BCUT2D eigenvalue weighted by Crippen LogP contribution is -2.62. The van der Waals surface area contributed by atoms with E-state index < -0.39 is 18.2 Å². The van der Waals surface area contributed by atoms with Crippen molar-refractivity contribution in [3.05, 3.63) is 66.2 Å². The van der Waals surface area contributed by atoms with Crippen LogP contribution in [-0.4, -0.2) is 55.4 Å². The number of carbonyl (C=O) groups excluding carboxylic acids is 2. The lowest BCUT2D eigenvalue weighted by atomic mass is 9.84. The van der Waals surface area contributed by atoms with Crippen molar-refractivity contribution >= 4 is 17.6 Å². The molecule has 3 aliphatic heterocycles. The monoisotopic (exact) mass is 464 g/mol. The number of aliphatic carboxylic acids is 1. The summed E-state index contributed by atoms with van der Waals surface area (Å²) in [7, 11) is 2.28. The SMILES string of the molecule is C[N+]12CCC(CC1)[C@@H](OC(=O)[C@H](Nc1ccccc1)c1ccccc1)C2.O=C([O-])C(F)(F)F. The fraction of sp³-hybridized carbons (Fsp3) is 0.417.